The van der Waals surface area contributed by atoms with Gasteiger partial charge in [-0.25, -0.2) is 8.78 Å². The largest absolute Gasteiger partial charge is 0.471 e. The minimum Gasteiger partial charge on any atom is -0.326 e. The molecule has 3 aromatic rings. The Kier molecular flexibility index (Phi) is 9.14. The molecule has 3 N–H and O–H groups in total. The van der Waals surface area contributed by atoms with Crippen LogP contribution in [-0.2, 0) is 9.59 Å². The van der Waals surface area contributed by atoms with E-state index in [0.717, 1.165) is 6.07 Å². The quantitative estimate of drug-likeness (QED) is 0.135. The van der Waals surface area contributed by atoms with Crippen molar-refractivity contribution in [3.8, 4) is 0 Å². The molecule has 4 rings (SSSR count). The summed E-state index contributed by atoms with van der Waals surface area (Å²) in [6.07, 6.45) is -5.36. The molecule has 0 radical (unpaired) electrons. The lowest BCUT2D eigenvalue weighted by Gasteiger charge is -2.14. The average molecular weight is 716 g/mol. The molecule has 0 spiro atoms. The van der Waals surface area contributed by atoms with Crippen molar-refractivity contribution in [1.82, 2.24) is 0 Å². The zero-order chi connectivity index (χ0) is 31.3. The Balaban J connectivity index is 0.00000337. The number of benzene rings is 3. The fourth-order valence-corrected chi connectivity index (χ4v) is 5.60. The van der Waals surface area contributed by atoms with Gasteiger partial charge in [0.2, 0.25) is 5.91 Å². The van der Waals surface area contributed by atoms with Crippen molar-refractivity contribution in [2.24, 2.45) is 5.92 Å². The maximum atomic E-state index is 14.8. The molecule has 0 heterocycles. The molecule has 0 aromatic heterocycles. The Morgan fingerprint density at radius 2 is 1.45 bits per heavy atom. The third-order valence-electron chi connectivity index (χ3n) is 6.02. The van der Waals surface area contributed by atoms with E-state index in [4.69, 9.17) is 69.6 Å². The number of carbonyl (C=O) groups is 3. The Morgan fingerprint density at radius 1 is 0.833 bits per heavy atom. The molecule has 0 aliphatic heterocycles. The Bertz CT molecular complexity index is 1630. The van der Waals surface area contributed by atoms with Gasteiger partial charge in [-0.2, -0.15) is 13.2 Å². The van der Waals surface area contributed by atoms with E-state index < -0.39 is 63.1 Å². The lowest BCUT2D eigenvalue weighted by molar-refractivity contribution is -0.167. The van der Waals surface area contributed by atoms with Gasteiger partial charge in [0.25, 0.3) is 5.91 Å². The molecule has 3 amide bonds. The Hall–Kier alpha value is -2.54. The summed E-state index contributed by atoms with van der Waals surface area (Å²) >= 11 is 36.9. The smallest absolute Gasteiger partial charge is 0.326 e. The van der Waals surface area contributed by atoms with Crippen LogP contribution in [0.1, 0.15) is 26.1 Å². The molecule has 0 saturated heterocycles. The van der Waals surface area contributed by atoms with Crippen molar-refractivity contribution in [3.05, 3.63) is 85.3 Å². The summed E-state index contributed by atoms with van der Waals surface area (Å²) in [6, 6.07) is 7.55. The normalized spacial score (nSPS) is 17.4. The number of nitrogens with one attached hydrogen (secondary N) is 3. The molecule has 2 atom stereocenters. The van der Waals surface area contributed by atoms with Gasteiger partial charge in [0.15, 0.2) is 5.82 Å². The highest BCUT2D eigenvalue weighted by atomic mass is 35.5. The van der Waals surface area contributed by atoms with Crippen LogP contribution < -0.4 is 16.0 Å². The van der Waals surface area contributed by atoms with Gasteiger partial charge in [-0.15, -0.1) is 23.2 Å². The van der Waals surface area contributed by atoms with Crippen LogP contribution in [0.5, 0.6) is 0 Å². The third kappa shape index (κ3) is 6.51. The highest BCUT2D eigenvalue weighted by Crippen LogP contribution is 2.65. The summed E-state index contributed by atoms with van der Waals surface area (Å²) < 4.78 is 65.2. The van der Waals surface area contributed by atoms with E-state index in [-0.39, 0.29) is 35.6 Å². The van der Waals surface area contributed by atoms with Crippen molar-refractivity contribution < 1.29 is 40.6 Å². The van der Waals surface area contributed by atoms with Crippen molar-refractivity contribution in [1.29, 1.82) is 0 Å². The number of carbonyl (C=O) groups excluding carboxylic acids is 3. The van der Waals surface area contributed by atoms with E-state index in [2.05, 4.69) is 5.32 Å². The number of rotatable bonds is 6. The van der Waals surface area contributed by atoms with E-state index in [9.17, 15) is 36.3 Å². The number of amides is 3. The molecular formula is C25H18Cl6F5N3O3. The average Bonchev–Trinajstić information content (AvgIpc) is 3.48. The van der Waals surface area contributed by atoms with Crippen LogP contribution in [-0.4, -0.2) is 28.2 Å². The highest BCUT2D eigenvalue weighted by molar-refractivity contribution is 6.54. The number of anilines is 3. The summed E-state index contributed by atoms with van der Waals surface area (Å²) in [5, 5.41) is 5.74. The molecule has 1 aliphatic rings. The summed E-state index contributed by atoms with van der Waals surface area (Å²) in [4.78, 5) is 37.1. The van der Waals surface area contributed by atoms with Crippen molar-refractivity contribution in [2.45, 2.75) is 16.4 Å². The lowest BCUT2D eigenvalue weighted by Crippen LogP contribution is -2.30. The number of hydrogen-bond donors (Lipinski definition) is 3. The molecule has 3 aromatic carbocycles. The zero-order valence-electron chi connectivity index (χ0n) is 20.1. The first-order chi connectivity index (χ1) is 19.4. The van der Waals surface area contributed by atoms with Gasteiger partial charge in [0.05, 0.1) is 37.3 Å². The molecule has 0 unspecified atom stereocenters. The van der Waals surface area contributed by atoms with Crippen LogP contribution >= 0.6 is 69.6 Å². The van der Waals surface area contributed by atoms with Crippen LogP contribution in [0.4, 0.5) is 39.0 Å². The summed E-state index contributed by atoms with van der Waals surface area (Å²) in [5.41, 5.74) is -2.16. The second kappa shape index (κ2) is 11.9. The van der Waals surface area contributed by atoms with Gasteiger partial charge < -0.3 is 16.0 Å². The molecule has 1 fully saturated rings. The number of hydrogen-bond acceptors (Lipinski definition) is 3. The maximum absolute atomic E-state index is 14.8. The molecule has 1 saturated carbocycles. The van der Waals surface area contributed by atoms with Crippen LogP contribution in [0.3, 0.4) is 0 Å². The molecule has 0 bridgehead atoms. The lowest BCUT2D eigenvalue weighted by atomic mass is 10.1. The highest BCUT2D eigenvalue weighted by Gasteiger charge is 2.67. The Labute approximate surface area is 267 Å². The molecule has 1 aliphatic carbocycles. The van der Waals surface area contributed by atoms with Gasteiger partial charge in [0.1, 0.15) is 15.8 Å². The predicted molar refractivity (Wildman–Crippen MR) is 158 cm³/mol. The van der Waals surface area contributed by atoms with Gasteiger partial charge >= 0.3 is 12.1 Å². The SMILES string of the molecule is O=C(Nc1c(F)ccc(NC(=O)C(F)(F)F)c1F)c1cc(NC(=O)[C@H]2[C@H](c3cc(Cl)c(Cl)c(Cl)c3)C2(Cl)Cl)ccc1Cl.[HH].[HH].[HH]. The molecule has 42 heavy (non-hydrogen) atoms. The van der Waals surface area contributed by atoms with Crippen molar-refractivity contribution in [2.75, 3.05) is 16.0 Å². The van der Waals surface area contributed by atoms with Crippen LogP contribution in [0.25, 0.3) is 0 Å². The maximum Gasteiger partial charge on any atom is 0.471 e. The third-order valence-corrected chi connectivity index (χ3v) is 8.48. The zero-order valence-corrected chi connectivity index (χ0v) is 24.6. The summed E-state index contributed by atoms with van der Waals surface area (Å²) in [7, 11) is 0. The molecule has 228 valence electrons. The topological polar surface area (TPSA) is 87.3 Å². The number of halogens is 11. The van der Waals surface area contributed by atoms with Crippen LogP contribution in [0, 0.1) is 17.6 Å². The summed E-state index contributed by atoms with van der Waals surface area (Å²) in [6.45, 7) is 0. The first kappa shape index (κ1) is 32.4. The monoisotopic (exact) mass is 713 g/mol. The fourth-order valence-electron chi connectivity index (χ4n) is 3.96. The molecule has 6 nitrogen and oxygen atoms in total. The predicted octanol–water partition coefficient (Wildman–Crippen LogP) is 9.60. The first-order valence-electron chi connectivity index (χ1n) is 11.2. The first-order valence-corrected chi connectivity index (χ1v) is 13.5. The standard InChI is InChI=1S/C25H12Cl6F5N3O3.3H2/c26-11-2-1-9(37-22(41)17-16(24(17,30)31)8-5-12(27)18(29)13(28)6-8)7-10(11)21(40)39-20-14(32)3-4-15(19(20)33)38-23(42)25(34,35)36;;;/h1-7,16-17H,(H,37,41)(H,38,42)(H,39,40);3*1H/t16-,17+;;;/m0.../s1. The minimum atomic E-state index is -5.36. The van der Waals surface area contributed by atoms with E-state index in [1.165, 1.54) is 29.6 Å². The van der Waals surface area contributed by atoms with Gasteiger partial charge in [0, 0.05) is 15.9 Å². The van der Waals surface area contributed by atoms with Crippen LogP contribution in [0.15, 0.2) is 42.5 Å². The van der Waals surface area contributed by atoms with E-state index >= 15 is 0 Å². The van der Waals surface area contributed by atoms with E-state index in [1.54, 1.807) is 0 Å². The van der Waals surface area contributed by atoms with E-state index in [0.29, 0.717) is 17.7 Å². The second-order valence-electron chi connectivity index (χ2n) is 8.80. The van der Waals surface area contributed by atoms with Gasteiger partial charge in [-0.1, -0.05) is 46.4 Å². The van der Waals surface area contributed by atoms with Crippen LogP contribution in [0.2, 0.25) is 20.1 Å². The number of alkyl halides is 5. The fraction of sp³-hybridized carbons (Fsp3) is 0.160. The molecular weight excluding hydrogens is 698 g/mol. The van der Waals surface area contributed by atoms with Gasteiger partial charge in [-0.05, 0) is 48.0 Å². The second-order valence-corrected chi connectivity index (χ2v) is 11.8. The van der Waals surface area contributed by atoms with E-state index in [1.807, 2.05) is 5.32 Å². The Morgan fingerprint density at radius 3 is 2.05 bits per heavy atom. The molecule has 17 heteroatoms. The minimum absolute atomic E-state index is 0. The van der Waals surface area contributed by atoms with Gasteiger partial charge in [-0.3, -0.25) is 14.4 Å². The van der Waals surface area contributed by atoms with Crippen molar-refractivity contribution >= 4 is 104 Å². The van der Waals surface area contributed by atoms with Crippen molar-refractivity contribution in [3.63, 3.8) is 0 Å². The summed E-state index contributed by atoms with van der Waals surface area (Å²) in [5.74, 6) is -9.19.